The zero-order valence-electron chi connectivity index (χ0n) is 21.0. The Kier molecular flexibility index (Phi) is 7.99. The second-order valence-electron chi connectivity index (χ2n) is 8.01. The minimum atomic E-state index is -4.04. The maximum absolute atomic E-state index is 13.5. The van der Waals surface area contributed by atoms with E-state index in [1.165, 1.54) is 44.6 Å². The topological polar surface area (TPSA) is 175 Å². The highest BCUT2D eigenvalue weighted by atomic mass is 32.2. The molecule has 0 amide bonds. The summed E-state index contributed by atoms with van der Waals surface area (Å²) in [6.45, 7) is 4.20. The number of sulfonamides is 1. The van der Waals surface area contributed by atoms with Gasteiger partial charge in [-0.3, -0.25) is 9.29 Å². The molecule has 37 heavy (non-hydrogen) atoms. The van der Waals surface area contributed by atoms with Crippen molar-refractivity contribution in [2.45, 2.75) is 31.1 Å². The van der Waals surface area contributed by atoms with Crippen LogP contribution in [0.25, 0.3) is 5.69 Å². The number of rotatable bonds is 10. The van der Waals surface area contributed by atoms with Gasteiger partial charge < -0.3 is 23.7 Å². The highest BCUT2D eigenvalue weighted by Gasteiger charge is 2.34. The van der Waals surface area contributed by atoms with Crippen LogP contribution in [0.5, 0.6) is 17.5 Å². The fourth-order valence-electron chi connectivity index (χ4n) is 3.63. The van der Waals surface area contributed by atoms with Gasteiger partial charge in [0.15, 0.2) is 17.3 Å². The van der Waals surface area contributed by atoms with Gasteiger partial charge in [0, 0.05) is 5.92 Å². The van der Waals surface area contributed by atoms with Crippen molar-refractivity contribution in [3.8, 4) is 23.2 Å². The van der Waals surface area contributed by atoms with Gasteiger partial charge >= 0.3 is 0 Å². The van der Waals surface area contributed by atoms with Gasteiger partial charge in [0.2, 0.25) is 27.7 Å². The van der Waals surface area contributed by atoms with Gasteiger partial charge in [0.1, 0.15) is 18.3 Å². The Hall–Kier alpha value is -3.63. The van der Waals surface area contributed by atoms with Gasteiger partial charge in [0.25, 0.3) is 0 Å². The monoisotopic (exact) mass is 536 g/mol. The van der Waals surface area contributed by atoms with Gasteiger partial charge in [-0.1, -0.05) is 6.92 Å². The number of nitrogens with one attached hydrogen (secondary N) is 1. The van der Waals surface area contributed by atoms with E-state index in [-0.39, 0.29) is 35.8 Å². The fourth-order valence-corrected chi connectivity index (χ4v) is 4.86. The maximum Gasteiger partial charge on any atom is 0.245 e. The number of hydrogen-bond acceptors (Lipinski definition) is 13. The molecular formula is C21H28N8O7S. The summed E-state index contributed by atoms with van der Waals surface area (Å²) in [4.78, 5) is 16.7. The van der Waals surface area contributed by atoms with Crippen LogP contribution in [0.3, 0.4) is 0 Å². The van der Waals surface area contributed by atoms with Gasteiger partial charge in [-0.15, -0.1) is 10.2 Å². The van der Waals surface area contributed by atoms with Crippen LogP contribution in [0, 0.1) is 0 Å². The Bertz CT molecular complexity index is 1290. The lowest BCUT2D eigenvalue weighted by Crippen LogP contribution is -2.32. The molecule has 200 valence electrons. The largest absolute Gasteiger partial charge is 0.494 e. The Labute approximate surface area is 213 Å². The number of anilines is 1. The third-order valence-corrected chi connectivity index (χ3v) is 7.73. The van der Waals surface area contributed by atoms with Crippen LogP contribution >= 0.6 is 0 Å². The summed E-state index contributed by atoms with van der Waals surface area (Å²) in [6, 6.07) is 0. The Morgan fingerprint density at radius 2 is 1.68 bits per heavy atom. The first-order valence-corrected chi connectivity index (χ1v) is 12.8. The second-order valence-corrected chi connectivity index (χ2v) is 10.1. The highest BCUT2D eigenvalue weighted by Crippen LogP contribution is 2.35. The molecule has 0 saturated carbocycles. The van der Waals surface area contributed by atoms with E-state index in [1.54, 1.807) is 13.8 Å². The van der Waals surface area contributed by atoms with E-state index in [0.717, 1.165) is 0 Å². The molecule has 0 bridgehead atoms. The van der Waals surface area contributed by atoms with Gasteiger partial charge in [-0.25, -0.2) is 18.4 Å². The quantitative estimate of drug-likeness (QED) is 0.387. The highest BCUT2D eigenvalue weighted by molar-refractivity contribution is 7.93. The molecule has 4 heterocycles. The van der Waals surface area contributed by atoms with Crippen LogP contribution in [0.2, 0.25) is 0 Å². The molecule has 1 saturated heterocycles. The third-order valence-electron chi connectivity index (χ3n) is 5.88. The van der Waals surface area contributed by atoms with E-state index in [0.29, 0.717) is 24.8 Å². The molecule has 3 aromatic rings. The average molecular weight is 537 g/mol. The standard InChI is InChI=1S/C21H28N8O7S/c1-12(17-22-8-14(32-3)9-23-17)13(2)37(30,31)28-21-27-26-18(15-10-35-6-7-36-15)29(21)16-19(33-4)24-11-25-20(16)34-5/h8-9,11-13,15H,6-7,10H2,1-5H3,(H,27,28)/t12-,13-,15+/m0/s1. The van der Waals surface area contributed by atoms with Crippen molar-refractivity contribution in [2.75, 3.05) is 45.9 Å². The Balaban J connectivity index is 1.74. The van der Waals surface area contributed by atoms with Crippen LogP contribution < -0.4 is 18.9 Å². The Morgan fingerprint density at radius 3 is 2.24 bits per heavy atom. The number of aromatic nitrogens is 7. The molecule has 1 aliphatic rings. The summed E-state index contributed by atoms with van der Waals surface area (Å²) in [5.74, 6) is 0.573. The number of ether oxygens (including phenoxy) is 5. The minimum absolute atomic E-state index is 0.109. The first kappa shape index (κ1) is 26.4. The summed E-state index contributed by atoms with van der Waals surface area (Å²) < 4.78 is 58.2. The van der Waals surface area contributed by atoms with Crippen LogP contribution in [0.4, 0.5) is 5.95 Å². The summed E-state index contributed by atoms with van der Waals surface area (Å²) in [7, 11) is 0.282. The van der Waals surface area contributed by atoms with Gasteiger partial charge in [-0.05, 0) is 6.92 Å². The molecule has 0 aromatic carbocycles. The molecule has 3 atom stereocenters. The number of nitrogens with zero attached hydrogens (tertiary/aromatic N) is 7. The molecule has 15 nitrogen and oxygen atoms in total. The zero-order chi connectivity index (χ0) is 26.6. The van der Waals surface area contributed by atoms with Gasteiger partial charge in [-0.2, -0.15) is 9.97 Å². The van der Waals surface area contributed by atoms with E-state index in [1.807, 2.05) is 0 Å². The molecular weight excluding hydrogens is 508 g/mol. The molecule has 1 N–H and O–H groups in total. The molecule has 1 fully saturated rings. The number of methoxy groups -OCH3 is 3. The van der Waals surface area contributed by atoms with Crippen molar-refractivity contribution in [3.05, 3.63) is 30.4 Å². The zero-order valence-corrected chi connectivity index (χ0v) is 21.8. The maximum atomic E-state index is 13.5. The van der Waals surface area contributed by atoms with Crippen molar-refractivity contribution < 1.29 is 32.1 Å². The molecule has 0 radical (unpaired) electrons. The fraction of sp³-hybridized carbons (Fsp3) is 0.524. The average Bonchev–Trinajstić information content (AvgIpc) is 3.34. The molecule has 4 rings (SSSR count). The molecule has 0 unspecified atom stereocenters. The lowest BCUT2D eigenvalue weighted by atomic mass is 10.1. The molecule has 1 aliphatic heterocycles. The molecule has 0 spiro atoms. The summed E-state index contributed by atoms with van der Waals surface area (Å²) in [6.07, 6.45) is 3.58. The van der Waals surface area contributed by atoms with E-state index < -0.39 is 27.3 Å². The van der Waals surface area contributed by atoms with Crippen LogP contribution in [0.1, 0.15) is 37.5 Å². The third kappa shape index (κ3) is 5.40. The molecule has 16 heteroatoms. The van der Waals surface area contributed by atoms with Crippen LogP contribution in [0.15, 0.2) is 18.7 Å². The predicted octanol–water partition coefficient (Wildman–Crippen LogP) is 0.895. The van der Waals surface area contributed by atoms with Crippen LogP contribution in [-0.4, -0.2) is 89.5 Å². The normalized spacial score (nSPS) is 17.6. The second kappa shape index (κ2) is 11.2. The lowest BCUT2D eigenvalue weighted by Gasteiger charge is -2.24. The Morgan fingerprint density at radius 1 is 1.00 bits per heavy atom. The van der Waals surface area contributed by atoms with Crippen LogP contribution in [-0.2, 0) is 19.5 Å². The van der Waals surface area contributed by atoms with E-state index >= 15 is 0 Å². The summed E-state index contributed by atoms with van der Waals surface area (Å²) in [5, 5.41) is 7.36. The summed E-state index contributed by atoms with van der Waals surface area (Å²) in [5.41, 5.74) is 0.193. The van der Waals surface area contributed by atoms with E-state index in [2.05, 4.69) is 34.9 Å². The van der Waals surface area contributed by atoms with Crippen molar-refractivity contribution >= 4 is 16.0 Å². The van der Waals surface area contributed by atoms with E-state index in [9.17, 15) is 8.42 Å². The molecule has 0 aliphatic carbocycles. The summed E-state index contributed by atoms with van der Waals surface area (Å²) >= 11 is 0. The molecule has 3 aromatic heterocycles. The SMILES string of the molecule is COc1cnc([C@@H](C)[C@H](C)S(=O)(=O)Nc2nnc([C@H]3COCCO3)n2-c2c(OC)ncnc2OC)nc1. The first-order chi connectivity index (χ1) is 17.8. The van der Waals surface area contributed by atoms with E-state index in [4.69, 9.17) is 23.7 Å². The van der Waals surface area contributed by atoms with Gasteiger partial charge in [0.05, 0.1) is 58.8 Å². The first-order valence-electron chi connectivity index (χ1n) is 11.3. The number of hydrogen-bond donors (Lipinski definition) is 1. The van der Waals surface area contributed by atoms with Crippen molar-refractivity contribution in [1.82, 2.24) is 34.7 Å². The smallest absolute Gasteiger partial charge is 0.245 e. The lowest BCUT2D eigenvalue weighted by molar-refractivity contribution is -0.0941. The predicted molar refractivity (Wildman–Crippen MR) is 129 cm³/mol. The van der Waals surface area contributed by atoms with Crippen molar-refractivity contribution in [2.24, 2.45) is 0 Å². The van der Waals surface area contributed by atoms with Crippen molar-refractivity contribution in [3.63, 3.8) is 0 Å². The minimum Gasteiger partial charge on any atom is -0.494 e. The van der Waals surface area contributed by atoms with Crippen molar-refractivity contribution in [1.29, 1.82) is 0 Å².